The number of thioether (sulfide) groups is 1. The van der Waals surface area contributed by atoms with Crippen LogP contribution in [0.3, 0.4) is 0 Å². The number of carbonyl (C=O) groups excluding carboxylic acids is 3. The van der Waals surface area contributed by atoms with Crippen LogP contribution < -0.4 is 15.3 Å². The molecular formula is C29H31N3O7S. The van der Waals surface area contributed by atoms with Crippen LogP contribution >= 0.6 is 11.8 Å². The third-order valence-corrected chi connectivity index (χ3v) is 7.12. The molecular weight excluding hydrogens is 534 g/mol. The molecule has 2 aromatic carbocycles. The van der Waals surface area contributed by atoms with Crippen molar-refractivity contribution in [2.45, 2.75) is 36.8 Å². The van der Waals surface area contributed by atoms with Crippen molar-refractivity contribution >= 4 is 29.6 Å². The van der Waals surface area contributed by atoms with E-state index >= 15 is 0 Å². The molecule has 2 heterocycles. The van der Waals surface area contributed by atoms with Crippen molar-refractivity contribution in [3.8, 4) is 11.5 Å². The molecule has 0 spiro atoms. The van der Waals surface area contributed by atoms with E-state index in [0.29, 0.717) is 11.4 Å². The Balaban J connectivity index is 1.50. The second-order valence-corrected chi connectivity index (χ2v) is 10.1. The van der Waals surface area contributed by atoms with Crippen LogP contribution in [0.2, 0.25) is 0 Å². The fourth-order valence-corrected chi connectivity index (χ4v) is 4.91. The normalized spacial score (nSPS) is 19.3. The Morgan fingerprint density at radius 3 is 2.48 bits per heavy atom. The molecule has 210 valence electrons. The van der Waals surface area contributed by atoms with Gasteiger partial charge in [0.05, 0.1) is 19.1 Å². The van der Waals surface area contributed by atoms with Crippen molar-refractivity contribution < 1.29 is 33.3 Å². The molecule has 1 aromatic heterocycles. The largest absolute Gasteiger partial charge is 0.493 e. The molecule has 4 rings (SSSR count). The number of rotatable bonds is 9. The molecule has 11 heteroatoms. The first-order chi connectivity index (χ1) is 19.4. The van der Waals surface area contributed by atoms with Crippen LogP contribution in [-0.2, 0) is 25.5 Å². The smallest absolute Gasteiger partial charge is 0.334 e. The van der Waals surface area contributed by atoms with Gasteiger partial charge in [-0.15, -0.1) is 0 Å². The number of esters is 2. The van der Waals surface area contributed by atoms with Gasteiger partial charge in [0.1, 0.15) is 12.5 Å². The number of hydrogen-bond acceptors (Lipinski definition) is 10. The summed E-state index contributed by atoms with van der Waals surface area (Å²) in [5, 5.41) is 0.666. The van der Waals surface area contributed by atoms with E-state index in [2.05, 4.69) is 4.98 Å². The van der Waals surface area contributed by atoms with Gasteiger partial charge in [-0.1, -0.05) is 60.3 Å². The van der Waals surface area contributed by atoms with Crippen molar-refractivity contribution in [1.29, 1.82) is 0 Å². The van der Waals surface area contributed by atoms with Crippen LogP contribution in [0, 0.1) is 5.92 Å². The predicted octanol–water partition coefficient (Wildman–Crippen LogP) is 3.64. The molecule has 1 amide bonds. The van der Waals surface area contributed by atoms with Gasteiger partial charge in [-0.05, 0) is 37.5 Å². The van der Waals surface area contributed by atoms with Crippen LogP contribution in [0.15, 0.2) is 77.8 Å². The minimum absolute atomic E-state index is 0.0682. The average Bonchev–Trinajstić information content (AvgIpc) is 3.01. The van der Waals surface area contributed by atoms with E-state index < -0.39 is 42.5 Å². The first kappa shape index (κ1) is 28.9. The predicted molar refractivity (Wildman–Crippen MR) is 147 cm³/mol. The number of ether oxygens (including phenoxy) is 4. The molecule has 1 aliphatic rings. The highest BCUT2D eigenvalue weighted by molar-refractivity contribution is 7.99. The summed E-state index contributed by atoms with van der Waals surface area (Å²) < 4.78 is 22.3. The van der Waals surface area contributed by atoms with Gasteiger partial charge in [0, 0.05) is 17.2 Å². The lowest BCUT2D eigenvalue weighted by Crippen LogP contribution is -2.53. The zero-order valence-corrected chi connectivity index (χ0v) is 23.0. The van der Waals surface area contributed by atoms with Gasteiger partial charge in [0.25, 0.3) is 5.91 Å². The van der Waals surface area contributed by atoms with Gasteiger partial charge in [0.15, 0.2) is 23.2 Å². The number of amides is 1. The SMILES string of the molecule is COc1ccnc(C(=O)N(N)[C@H]2COC(=O)[C@H](Cc3ccccc3)C[C@H](C)OC2=O)c1OCSc1ccccc1. The first-order valence-corrected chi connectivity index (χ1v) is 13.7. The summed E-state index contributed by atoms with van der Waals surface area (Å²) in [6.45, 7) is 1.22. The summed E-state index contributed by atoms with van der Waals surface area (Å²) in [6.07, 6.45) is 1.45. The van der Waals surface area contributed by atoms with E-state index in [9.17, 15) is 14.4 Å². The highest BCUT2D eigenvalue weighted by Gasteiger charge is 2.37. The Bertz CT molecular complexity index is 1310. The number of cyclic esters (lactones) is 2. The number of aromatic nitrogens is 1. The van der Waals surface area contributed by atoms with Crippen molar-refractivity contribution in [1.82, 2.24) is 9.99 Å². The Labute approximate surface area is 236 Å². The van der Waals surface area contributed by atoms with E-state index in [1.807, 2.05) is 60.7 Å². The summed E-state index contributed by atoms with van der Waals surface area (Å²) in [7, 11) is 1.43. The number of methoxy groups -OCH3 is 1. The van der Waals surface area contributed by atoms with Crippen molar-refractivity contribution in [3.05, 3.63) is 84.2 Å². The zero-order chi connectivity index (χ0) is 28.5. The van der Waals surface area contributed by atoms with Gasteiger partial charge in [-0.2, -0.15) is 0 Å². The average molecular weight is 566 g/mol. The fourth-order valence-electron chi connectivity index (χ4n) is 4.25. The van der Waals surface area contributed by atoms with Crippen molar-refractivity contribution in [2.75, 3.05) is 19.7 Å². The minimum Gasteiger partial charge on any atom is -0.493 e. The molecule has 3 aromatic rings. The standard InChI is InChI=1S/C29H31N3O7S/c1-19-15-21(16-20-9-5-3-6-10-20)28(34)37-17-23(29(35)39-19)32(30)27(33)25-26(24(36-2)13-14-31-25)38-18-40-22-11-7-4-8-12-22/h3-14,19,21,23H,15-18,30H2,1-2H3/t19-,21-,23-/m0/s1. The monoisotopic (exact) mass is 565 g/mol. The molecule has 0 radical (unpaired) electrons. The zero-order valence-electron chi connectivity index (χ0n) is 22.2. The Kier molecular flexibility index (Phi) is 9.98. The number of nitrogens with zero attached hydrogens (tertiary/aromatic N) is 2. The second kappa shape index (κ2) is 13.8. The molecule has 1 fully saturated rings. The maximum atomic E-state index is 13.5. The third kappa shape index (κ3) is 7.30. The number of carbonyl (C=O) groups is 3. The Hall–Kier alpha value is -4.09. The summed E-state index contributed by atoms with van der Waals surface area (Å²) in [4.78, 5) is 44.7. The summed E-state index contributed by atoms with van der Waals surface area (Å²) in [6, 6.07) is 19.2. The first-order valence-electron chi connectivity index (χ1n) is 12.7. The second-order valence-electron chi connectivity index (χ2n) is 9.14. The van der Waals surface area contributed by atoms with E-state index in [1.165, 1.54) is 25.1 Å². The molecule has 0 aliphatic carbocycles. The van der Waals surface area contributed by atoms with E-state index in [1.54, 1.807) is 13.0 Å². The Morgan fingerprint density at radius 2 is 1.77 bits per heavy atom. The molecule has 1 aliphatic heterocycles. The third-order valence-electron chi connectivity index (χ3n) is 6.28. The number of nitrogens with two attached hydrogens (primary N) is 1. The molecule has 0 saturated carbocycles. The molecule has 10 nitrogen and oxygen atoms in total. The Morgan fingerprint density at radius 1 is 1.07 bits per heavy atom. The van der Waals surface area contributed by atoms with Gasteiger partial charge in [-0.3, -0.25) is 14.6 Å². The molecule has 0 unspecified atom stereocenters. The number of hydrazine groups is 1. The number of pyridine rings is 1. The van der Waals surface area contributed by atoms with Crippen LogP contribution in [0.25, 0.3) is 0 Å². The molecule has 0 bridgehead atoms. The van der Waals surface area contributed by atoms with Gasteiger partial charge in [-0.25, -0.2) is 15.6 Å². The lowest BCUT2D eigenvalue weighted by atomic mass is 9.94. The molecule has 1 saturated heterocycles. The van der Waals surface area contributed by atoms with Crippen LogP contribution in [-0.4, -0.2) is 59.6 Å². The lowest BCUT2D eigenvalue weighted by molar-refractivity contribution is -0.156. The van der Waals surface area contributed by atoms with Crippen molar-refractivity contribution in [2.24, 2.45) is 11.8 Å². The highest BCUT2D eigenvalue weighted by Crippen LogP contribution is 2.32. The van der Waals surface area contributed by atoms with Gasteiger partial charge in [0.2, 0.25) is 0 Å². The summed E-state index contributed by atoms with van der Waals surface area (Å²) >= 11 is 1.41. The maximum Gasteiger partial charge on any atom is 0.334 e. The van der Waals surface area contributed by atoms with Crippen LogP contribution in [0.4, 0.5) is 0 Å². The van der Waals surface area contributed by atoms with Gasteiger partial charge < -0.3 is 18.9 Å². The maximum absolute atomic E-state index is 13.5. The van der Waals surface area contributed by atoms with Gasteiger partial charge >= 0.3 is 11.9 Å². The summed E-state index contributed by atoms with van der Waals surface area (Å²) in [5.41, 5.74) is 0.793. The van der Waals surface area contributed by atoms with E-state index in [-0.39, 0.29) is 29.6 Å². The molecule has 40 heavy (non-hydrogen) atoms. The van der Waals surface area contributed by atoms with E-state index in [4.69, 9.17) is 24.8 Å². The quantitative estimate of drug-likeness (QED) is 0.102. The van der Waals surface area contributed by atoms with Crippen LogP contribution in [0.5, 0.6) is 11.5 Å². The highest BCUT2D eigenvalue weighted by atomic mass is 32.2. The van der Waals surface area contributed by atoms with Crippen LogP contribution in [0.1, 0.15) is 29.4 Å². The minimum atomic E-state index is -1.39. The van der Waals surface area contributed by atoms with E-state index in [0.717, 1.165) is 10.5 Å². The lowest BCUT2D eigenvalue weighted by Gasteiger charge is -2.26. The molecule has 2 N–H and O–H groups in total. The summed E-state index contributed by atoms with van der Waals surface area (Å²) in [5.74, 6) is 4.00. The number of benzene rings is 2. The number of hydrogen-bond donors (Lipinski definition) is 1. The molecule has 3 atom stereocenters. The fraction of sp³-hybridized carbons (Fsp3) is 0.310. The topological polar surface area (TPSA) is 130 Å². The van der Waals surface area contributed by atoms with Crippen molar-refractivity contribution in [3.63, 3.8) is 0 Å².